The molecule has 0 amide bonds. The van der Waals surface area contributed by atoms with Crippen LogP contribution in [0.25, 0.3) is 0 Å². The first-order chi connectivity index (χ1) is 9.41. The third-order valence-corrected chi connectivity index (χ3v) is 3.76. The highest BCUT2D eigenvalue weighted by atomic mass is 19.4. The summed E-state index contributed by atoms with van der Waals surface area (Å²) in [5.74, 6) is -0.168. The first-order valence-electron chi connectivity index (χ1n) is 6.60. The Labute approximate surface area is 114 Å². The number of aromatic nitrogens is 2. The van der Waals surface area contributed by atoms with Crippen LogP contribution in [0.2, 0.25) is 0 Å². The largest absolute Gasteiger partial charge is 0.467 e. The highest BCUT2D eigenvalue weighted by molar-refractivity contribution is 5.74. The lowest BCUT2D eigenvalue weighted by Crippen LogP contribution is -2.22. The Morgan fingerprint density at radius 1 is 1.50 bits per heavy atom. The molecule has 1 aromatic heterocycles. The number of carbonyl (C=O) groups is 1. The third kappa shape index (κ3) is 3.32. The number of methoxy groups -OCH3 is 1. The number of hydrogen-bond donors (Lipinski definition) is 0. The van der Waals surface area contributed by atoms with Crippen molar-refractivity contribution in [3.05, 3.63) is 18.2 Å². The summed E-state index contributed by atoms with van der Waals surface area (Å²) < 4.78 is 43.6. The minimum Gasteiger partial charge on any atom is -0.467 e. The molecule has 1 aliphatic rings. The fourth-order valence-electron chi connectivity index (χ4n) is 2.69. The van der Waals surface area contributed by atoms with Crippen LogP contribution >= 0.6 is 0 Å². The zero-order valence-electron chi connectivity index (χ0n) is 11.2. The molecule has 1 heterocycles. The van der Waals surface area contributed by atoms with Crippen molar-refractivity contribution < 1.29 is 22.7 Å². The van der Waals surface area contributed by atoms with Crippen LogP contribution in [0.4, 0.5) is 13.2 Å². The Bertz CT molecular complexity index is 464. The maximum Gasteiger partial charge on any atom is 0.434 e. The first kappa shape index (κ1) is 14.9. The zero-order valence-corrected chi connectivity index (χ0v) is 11.2. The Balaban J connectivity index is 2.17. The van der Waals surface area contributed by atoms with Crippen LogP contribution in [0.1, 0.15) is 43.8 Å². The third-order valence-electron chi connectivity index (χ3n) is 3.76. The Hall–Kier alpha value is -1.53. The van der Waals surface area contributed by atoms with E-state index in [0.29, 0.717) is 12.3 Å². The van der Waals surface area contributed by atoms with Gasteiger partial charge in [0, 0.05) is 6.20 Å². The number of ether oxygens (including phenoxy) is 1. The summed E-state index contributed by atoms with van der Waals surface area (Å²) in [5.41, 5.74) is -0.988. The molecule has 112 valence electrons. The number of halogens is 3. The van der Waals surface area contributed by atoms with Gasteiger partial charge in [-0.2, -0.15) is 13.2 Å². The molecule has 0 aromatic carbocycles. The normalized spacial score (nSPS) is 18.2. The fourth-order valence-corrected chi connectivity index (χ4v) is 2.69. The van der Waals surface area contributed by atoms with Crippen molar-refractivity contribution in [2.24, 2.45) is 5.92 Å². The molecule has 0 aliphatic heterocycles. The lowest BCUT2D eigenvalue weighted by Gasteiger charge is -2.19. The van der Waals surface area contributed by atoms with Gasteiger partial charge in [0.25, 0.3) is 0 Å². The number of rotatable bonds is 4. The number of carbonyl (C=O) groups excluding carboxylic acids is 1. The van der Waals surface area contributed by atoms with Crippen molar-refractivity contribution >= 4 is 5.97 Å². The van der Waals surface area contributed by atoms with Crippen LogP contribution in [-0.4, -0.2) is 22.6 Å². The van der Waals surface area contributed by atoms with E-state index in [0.717, 1.165) is 38.2 Å². The molecular formula is C13H17F3N2O2. The monoisotopic (exact) mass is 290 g/mol. The molecule has 0 radical (unpaired) electrons. The number of esters is 1. The molecule has 0 spiro atoms. The van der Waals surface area contributed by atoms with Crippen molar-refractivity contribution in [3.8, 4) is 0 Å². The van der Waals surface area contributed by atoms with Crippen molar-refractivity contribution in [3.63, 3.8) is 0 Å². The minimum atomic E-state index is -4.50. The van der Waals surface area contributed by atoms with Crippen molar-refractivity contribution in [1.29, 1.82) is 0 Å². The predicted molar refractivity (Wildman–Crippen MR) is 64.9 cm³/mol. The molecule has 1 saturated carbocycles. The van der Waals surface area contributed by atoms with Crippen LogP contribution in [0.3, 0.4) is 0 Å². The van der Waals surface area contributed by atoms with Gasteiger partial charge in [-0.05, 0) is 12.3 Å². The van der Waals surface area contributed by atoms with E-state index in [2.05, 4.69) is 4.98 Å². The molecule has 7 heteroatoms. The van der Waals surface area contributed by atoms with E-state index < -0.39 is 23.9 Å². The van der Waals surface area contributed by atoms with Gasteiger partial charge in [0.05, 0.1) is 13.4 Å². The maximum absolute atomic E-state index is 12.6. The molecule has 2 rings (SSSR count). The Morgan fingerprint density at radius 3 is 2.65 bits per heavy atom. The quantitative estimate of drug-likeness (QED) is 0.800. The van der Waals surface area contributed by atoms with Crippen molar-refractivity contribution in [1.82, 2.24) is 9.55 Å². The lowest BCUT2D eigenvalue weighted by molar-refractivity contribution is -0.146. The van der Waals surface area contributed by atoms with Crippen molar-refractivity contribution in [2.75, 3.05) is 7.11 Å². The summed E-state index contributed by atoms with van der Waals surface area (Å²) >= 11 is 0. The summed E-state index contributed by atoms with van der Waals surface area (Å²) in [6.45, 7) is 0. The SMILES string of the molecule is COC(=O)[C@H](CC1CCCC1)n1cnc(C(F)(F)F)c1. The van der Waals surface area contributed by atoms with Gasteiger partial charge in [0.2, 0.25) is 0 Å². The van der Waals surface area contributed by atoms with Gasteiger partial charge >= 0.3 is 12.1 Å². The van der Waals surface area contributed by atoms with E-state index in [1.165, 1.54) is 11.7 Å². The Morgan fingerprint density at radius 2 is 2.15 bits per heavy atom. The summed E-state index contributed by atoms with van der Waals surface area (Å²) in [7, 11) is 1.24. The molecule has 20 heavy (non-hydrogen) atoms. The second-order valence-electron chi connectivity index (χ2n) is 5.13. The fraction of sp³-hybridized carbons (Fsp3) is 0.692. The lowest BCUT2D eigenvalue weighted by atomic mass is 9.98. The van der Waals surface area contributed by atoms with E-state index in [-0.39, 0.29) is 0 Å². The van der Waals surface area contributed by atoms with E-state index in [1.807, 2.05) is 0 Å². The van der Waals surface area contributed by atoms with Crippen LogP contribution in [0.5, 0.6) is 0 Å². The number of hydrogen-bond acceptors (Lipinski definition) is 3. The van der Waals surface area contributed by atoms with Gasteiger partial charge in [0.1, 0.15) is 6.04 Å². The highest BCUT2D eigenvalue weighted by Crippen LogP contribution is 2.34. The number of imidazole rings is 1. The van der Waals surface area contributed by atoms with Gasteiger partial charge in [-0.3, -0.25) is 0 Å². The van der Waals surface area contributed by atoms with Gasteiger partial charge in [-0.25, -0.2) is 9.78 Å². The summed E-state index contributed by atoms with van der Waals surface area (Å²) in [6, 6.07) is -0.730. The van der Waals surface area contributed by atoms with Gasteiger partial charge in [0.15, 0.2) is 5.69 Å². The van der Waals surface area contributed by atoms with Crippen LogP contribution in [0, 0.1) is 5.92 Å². The highest BCUT2D eigenvalue weighted by Gasteiger charge is 2.35. The molecule has 1 atom stereocenters. The van der Waals surface area contributed by atoms with E-state index in [9.17, 15) is 18.0 Å². The second kappa shape index (κ2) is 5.85. The van der Waals surface area contributed by atoms with Crippen LogP contribution < -0.4 is 0 Å². The van der Waals surface area contributed by atoms with E-state index in [4.69, 9.17) is 4.74 Å². The molecular weight excluding hydrogens is 273 g/mol. The zero-order chi connectivity index (χ0) is 14.8. The standard InChI is InChI=1S/C13H17F3N2O2/c1-20-12(19)10(6-9-4-2-3-5-9)18-7-11(17-8-18)13(14,15)16/h7-10H,2-6H2,1H3/t10-/m0/s1. The summed E-state index contributed by atoms with van der Waals surface area (Å²) in [6.07, 6.45) is 2.16. The number of nitrogens with zero attached hydrogens (tertiary/aromatic N) is 2. The summed E-state index contributed by atoms with van der Waals surface area (Å²) in [5, 5.41) is 0. The molecule has 1 aromatic rings. The first-order valence-corrected chi connectivity index (χ1v) is 6.60. The number of alkyl halides is 3. The van der Waals surface area contributed by atoms with E-state index in [1.54, 1.807) is 0 Å². The molecule has 1 aliphatic carbocycles. The average molecular weight is 290 g/mol. The molecule has 0 N–H and O–H groups in total. The smallest absolute Gasteiger partial charge is 0.434 e. The second-order valence-corrected chi connectivity index (χ2v) is 5.13. The minimum absolute atomic E-state index is 0.357. The molecule has 4 nitrogen and oxygen atoms in total. The van der Waals surface area contributed by atoms with Gasteiger partial charge in [-0.15, -0.1) is 0 Å². The van der Waals surface area contributed by atoms with Gasteiger partial charge < -0.3 is 9.30 Å². The van der Waals surface area contributed by atoms with Crippen molar-refractivity contribution in [2.45, 2.75) is 44.3 Å². The molecule has 0 saturated heterocycles. The summed E-state index contributed by atoms with van der Waals surface area (Å²) in [4.78, 5) is 15.1. The predicted octanol–water partition coefficient (Wildman–Crippen LogP) is 3.20. The Kier molecular flexibility index (Phi) is 4.35. The van der Waals surface area contributed by atoms with Gasteiger partial charge in [-0.1, -0.05) is 25.7 Å². The van der Waals surface area contributed by atoms with Crippen LogP contribution in [-0.2, 0) is 15.7 Å². The topological polar surface area (TPSA) is 44.1 Å². The van der Waals surface area contributed by atoms with Crippen LogP contribution in [0.15, 0.2) is 12.5 Å². The average Bonchev–Trinajstić information content (AvgIpc) is 3.05. The molecule has 0 unspecified atom stereocenters. The molecule has 0 bridgehead atoms. The van der Waals surface area contributed by atoms with E-state index >= 15 is 0 Å². The molecule has 1 fully saturated rings. The maximum atomic E-state index is 12.6.